The van der Waals surface area contributed by atoms with Gasteiger partial charge in [-0.1, -0.05) is 24.3 Å². The third-order valence-corrected chi connectivity index (χ3v) is 2.78. The average Bonchev–Trinajstić information content (AvgIpc) is 2.50. The maximum atomic E-state index is 13.4. The zero-order valence-electron chi connectivity index (χ0n) is 11.1. The molecule has 3 N–H and O–H groups in total. The van der Waals surface area contributed by atoms with Gasteiger partial charge in [0.15, 0.2) is 18.2 Å². The summed E-state index contributed by atoms with van der Waals surface area (Å²) in [6.45, 7) is -0.0523. The highest BCUT2D eigenvalue weighted by Crippen LogP contribution is 2.18. The second kappa shape index (κ2) is 6.81. The summed E-state index contributed by atoms with van der Waals surface area (Å²) < 4.78 is 31.7. The van der Waals surface area contributed by atoms with E-state index < -0.39 is 17.5 Å². The fourth-order valence-corrected chi connectivity index (χ4v) is 1.74. The van der Waals surface area contributed by atoms with Crippen molar-refractivity contribution in [2.45, 2.75) is 6.54 Å². The Balaban J connectivity index is 1.98. The monoisotopic (exact) mass is 292 g/mol. The molecule has 0 unspecified atom stereocenters. The molecule has 0 aliphatic rings. The quantitative estimate of drug-likeness (QED) is 0.889. The van der Waals surface area contributed by atoms with E-state index in [0.717, 1.165) is 11.6 Å². The number of nitrogens with one attached hydrogen (secondary N) is 1. The second-order valence-corrected chi connectivity index (χ2v) is 4.25. The lowest BCUT2D eigenvalue weighted by molar-refractivity contribution is -0.118. The molecule has 0 atom stereocenters. The predicted octanol–water partition coefficient (Wildman–Crippen LogP) is 2.44. The Bertz CT molecular complexity index is 647. The van der Waals surface area contributed by atoms with Gasteiger partial charge in [0.2, 0.25) is 0 Å². The van der Waals surface area contributed by atoms with Crippen molar-refractivity contribution >= 4 is 11.6 Å². The highest BCUT2D eigenvalue weighted by atomic mass is 19.2. The van der Waals surface area contributed by atoms with Gasteiger partial charge in [-0.25, -0.2) is 8.78 Å². The van der Waals surface area contributed by atoms with Gasteiger partial charge in [0.1, 0.15) is 5.75 Å². The lowest BCUT2D eigenvalue weighted by Gasteiger charge is -2.11. The van der Waals surface area contributed by atoms with Gasteiger partial charge in [0.05, 0.1) is 5.69 Å². The first-order valence-corrected chi connectivity index (χ1v) is 6.26. The summed E-state index contributed by atoms with van der Waals surface area (Å²) in [5.74, 6) is -2.24. The molecule has 0 aromatic heterocycles. The number of carbonyl (C=O) groups is 1. The number of hydrogen-bond donors (Lipinski definition) is 2. The third-order valence-electron chi connectivity index (χ3n) is 2.78. The van der Waals surface area contributed by atoms with E-state index in [2.05, 4.69) is 5.32 Å². The Hall–Kier alpha value is -2.47. The van der Waals surface area contributed by atoms with Crippen LogP contribution in [-0.4, -0.2) is 12.5 Å². The Morgan fingerprint density at radius 3 is 2.67 bits per heavy atom. The number of hydrogen-bond acceptors (Lipinski definition) is 3. The van der Waals surface area contributed by atoms with E-state index in [0.29, 0.717) is 5.75 Å². The van der Waals surface area contributed by atoms with Crippen molar-refractivity contribution in [3.8, 4) is 5.75 Å². The fraction of sp³-hybridized carbons (Fsp3) is 0.133. The molecule has 4 nitrogen and oxygen atoms in total. The zero-order valence-corrected chi connectivity index (χ0v) is 11.1. The number of benzene rings is 2. The van der Waals surface area contributed by atoms with Crippen LogP contribution < -0.4 is 15.8 Å². The highest BCUT2D eigenvalue weighted by molar-refractivity contribution is 5.92. The van der Waals surface area contributed by atoms with Gasteiger partial charge in [0.25, 0.3) is 5.91 Å². The molecule has 0 heterocycles. The van der Waals surface area contributed by atoms with Crippen molar-refractivity contribution in [1.82, 2.24) is 0 Å². The minimum absolute atomic E-state index is 0.226. The SMILES string of the molecule is NCc1ccccc1OCC(=O)Nc1cccc(F)c1F. The van der Waals surface area contributed by atoms with Crippen LogP contribution in [0, 0.1) is 11.6 Å². The molecule has 0 fully saturated rings. The molecule has 2 rings (SSSR count). The normalized spacial score (nSPS) is 10.2. The molecule has 110 valence electrons. The first kappa shape index (κ1) is 14.9. The van der Waals surface area contributed by atoms with Crippen molar-refractivity contribution in [3.05, 3.63) is 59.7 Å². The second-order valence-electron chi connectivity index (χ2n) is 4.25. The molecule has 0 saturated heterocycles. The van der Waals surface area contributed by atoms with Gasteiger partial charge in [-0.2, -0.15) is 0 Å². The van der Waals surface area contributed by atoms with E-state index in [-0.39, 0.29) is 18.8 Å². The van der Waals surface area contributed by atoms with Gasteiger partial charge < -0.3 is 15.8 Å². The van der Waals surface area contributed by atoms with Crippen LogP contribution in [0.5, 0.6) is 5.75 Å². The van der Waals surface area contributed by atoms with Crippen molar-refractivity contribution in [2.24, 2.45) is 5.73 Å². The maximum Gasteiger partial charge on any atom is 0.262 e. The van der Waals surface area contributed by atoms with E-state index >= 15 is 0 Å². The Labute approximate surface area is 120 Å². The van der Waals surface area contributed by atoms with Gasteiger partial charge in [-0.3, -0.25) is 4.79 Å². The summed E-state index contributed by atoms with van der Waals surface area (Å²) >= 11 is 0. The highest BCUT2D eigenvalue weighted by Gasteiger charge is 2.11. The zero-order chi connectivity index (χ0) is 15.2. The average molecular weight is 292 g/mol. The van der Waals surface area contributed by atoms with Crippen LogP contribution in [0.1, 0.15) is 5.56 Å². The number of amides is 1. The predicted molar refractivity (Wildman–Crippen MR) is 74.8 cm³/mol. The van der Waals surface area contributed by atoms with Gasteiger partial charge >= 0.3 is 0 Å². The molecule has 0 spiro atoms. The summed E-state index contributed by atoms with van der Waals surface area (Å²) in [6.07, 6.45) is 0. The number of ether oxygens (including phenoxy) is 1. The van der Waals surface area contributed by atoms with Crippen molar-refractivity contribution in [1.29, 1.82) is 0 Å². The van der Waals surface area contributed by atoms with E-state index in [1.165, 1.54) is 12.1 Å². The first-order valence-electron chi connectivity index (χ1n) is 6.26. The van der Waals surface area contributed by atoms with Crippen LogP contribution in [0.25, 0.3) is 0 Å². The summed E-state index contributed by atoms with van der Waals surface area (Å²) in [4.78, 5) is 11.7. The third kappa shape index (κ3) is 3.76. The van der Waals surface area contributed by atoms with Crippen LogP contribution in [0.15, 0.2) is 42.5 Å². The lowest BCUT2D eigenvalue weighted by Crippen LogP contribution is -2.21. The number of para-hydroxylation sites is 1. The smallest absolute Gasteiger partial charge is 0.262 e. The number of nitrogens with two attached hydrogens (primary N) is 1. The molecule has 0 bridgehead atoms. The molecule has 0 aliphatic carbocycles. The van der Waals surface area contributed by atoms with Crippen molar-refractivity contribution in [2.75, 3.05) is 11.9 Å². The fourth-order valence-electron chi connectivity index (χ4n) is 1.74. The van der Waals surface area contributed by atoms with E-state index in [1.54, 1.807) is 24.3 Å². The summed E-state index contributed by atoms with van der Waals surface area (Å²) in [5.41, 5.74) is 6.07. The van der Waals surface area contributed by atoms with Crippen LogP contribution >= 0.6 is 0 Å². The van der Waals surface area contributed by atoms with Crippen molar-refractivity contribution in [3.63, 3.8) is 0 Å². The topological polar surface area (TPSA) is 64.3 Å². The molecule has 0 saturated carbocycles. The largest absolute Gasteiger partial charge is 0.483 e. The Morgan fingerprint density at radius 2 is 1.90 bits per heavy atom. The summed E-state index contributed by atoms with van der Waals surface area (Å²) in [6, 6.07) is 10.6. The molecular formula is C15H14F2N2O2. The van der Waals surface area contributed by atoms with Gasteiger partial charge in [-0.05, 0) is 18.2 Å². The molecule has 0 aliphatic heterocycles. The Morgan fingerprint density at radius 1 is 1.14 bits per heavy atom. The number of rotatable bonds is 5. The van der Waals surface area contributed by atoms with Crippen LogP contribution in [0.3, 0.4) is 0 Å². The first-order chi connectivity index (χ1) is 10.1. The van der Waals surface area contributed by atoms with E-state index in [9.17, 15) is 13.6 Å². The molecule has 1 amide bonds. The lowest BCUT2D eigenvalue weighted by atomic mass is 10.2. The number of halogens is 2. The van der Waals surface area contributed by atoms with Crippen LogP contribution in [0.2, 0.25) is 0 Å². The van der Waals surface area contributed by atoms with Crippen molar-refractivity contribution < 1.29 is 18.3 Å². The minimum atomic E-state index is -1.10. The van der Waals surface area contributed by atoms with Gasteiger partial charge in [0, 0.05) is 12.1 Å². The standard InChI is InChI=1S/C15H14F2N2O2/c16-11-5-3-6-12(15(11)17)19-14(20)9-21-13-7-2-1-4-10(13)8-18/h1-7H,8-9,18H2,(H,19,20). The van der Waals surface area contributed by atoms with E-state index in [1.807, 2.05) is 0 Å². The maximum absolute atomic E-state index is 13.4. The number of anilines is 1. The molecule has 2 aromatic carbocycles. The minimum Gasteiger partial charge on any atom is -0.483 e. The van der Waals surface area contributed by atoms with Gasteiger partial charge in [-0.15, -0.1) is 0 Å². The molecule has 21 heavy (non-hydrogen) atoms. The molecular weight excluding hydrogens is 278 g/mol. The number of carbonyl (C=O) groups excluding carboxylic acids is 1. The van der Waals surface area contributed by atoms with E-state index in [4.69, 9.17) is 10.5 Å². The van der Waals surface area contributed by atoms with Crippen LogP contribution in [-0.2, 0) is 11.3 Å². The summed E-state index contributed by atoms with van der Waals surface area (Å²) in [5, 5.41) is 2.25. The van der Waals surface area contributed by atoms with Crippen LogP contribution in [0.4, 0.5) is 14.5 Å². The molecule has 6 heteroatoms. The molecule has 2 aromatic rings. The Kier molecular flexibility index (Phi) is 4.84. The summed E-state index contributed by atoms with van der Waals surface area (Å²) in [7, 11) is 0. The molecule has 0 radical (unpaired) electrons.